The molecule has 0 saturated carbocycles. The Morgan fingerprint density at radius 2 is 1.36 bits per heavy atom. The van der Waals surface area contributed by atoms with Crippen molar-refractivity contribution < 1.29 is 48.0 Å². The molecule has 45 heavy (non-hydrogen) atoms. The Hall–Kier alpha value is -5.95. The smallest absolute Gasteiger partial charge is 0.293 e. The zero-order chi connectivity index (χ0) is 36.4. The molecule has 0 saturated heterocycles. The maximum atomic E-state index is 10.9. The van der Waals surface area contributed by atoms with Crippen molar-refractivity contribution in [3.05, 3.63) is 34.7 Å². The van der Waals surface area contributed by atoms with Crippen LogP contribution in [0.25, 0.3) is 10.4 Å². The zero-order valence-corrected chi connectivity index (χ0v) is 24.8. The number of terminal acetylenes is 1. The molecule has 9 amide bonds. The number of hydrogen-bond acceptors (Lipinski definition) is 15. The summed E-state index contributed by atoms with van der Waals surface area (Å²) < 4.78 is 0. The van der Waals surface area contributed by atoms with Crippen LogP contribution in [0.15, 0.2) is 29.4 Å². The van der Waals surface area contributed by atoms with Gasteiger partial charge in [-0.1, -0.05) is 5.11 Å². The Bertz CT molecular complexity index is 1200. The molecule has 0 bridgehead atoms. The number of imide groups is 2. The first-order valence-corrected chi connectivity index (χ1v) is 11.9. The number of carbonyl (C=O) groups excluding carboxylic acids is 9. The highest BCUT2D eigenvalue weighted by Gasteiger charge is 2.22. The van der Waals surface area contributed by atoms with Crippen molar-refractivity contribution in [1.29, 1.82) is 5.41 Å². The lowest BCUT2D eigenvalue weighted by Crippen LogP contribution is -2.33. The van der Waals surface area contributed by atoms with Crippen molar-refractivity contribution in [2.45, 2.75) is 6.42 Å². The molecule has 2 aliphatic heterocycles. The van der Waals surface area contributed by atoms with Crippen LogP contribution in [-0.4, -0.2) is 88.7 Å². The molecule has 246 valence electrons. The Morgan fingerprint density at radius 1 is 0.956 bits per heavy atom. The summed E-state index contributed by atoms with van der Waals surface area (Å²) in [5.41, 5.74) is 30.5. The fourth-order valence-corrected chi connectivity index (χ4v) is 1.41. The van der Waals surface area contributed by atoms with Gasteiger partial charge in [0, 0.05) is 42.2 Å². The lowest BCUT2D eigenvalue weighted by molar-refractivity contribution is -0.137. The van der Waals surface area contributed by atoms with Crippen molar-refractivity contribution in [2.75, 3.05) is 25.4 Å². The van der Waals surface area contributed by atoms with Gasteiger partial charge in [0.25, 0.3) is 29.5 Å². The minimum absolute atomic E-state index is 0.0131. The second kappa shape index (κ2) is 34.3. The molecule has 0 unspecified atom stereocenters. The number of carbonyl (C=O) groups is 9. The van der Waals surface area contributed by atoms with E-state index in [9.17, 15) is 43.2 Å². The number of nitrogens with two attached hydrogens (primary N) is 6. The van der Waals surface area contributed by atoms with Crippen molar-refractivity contribution in [3.8, 4) is 12.3 Å². The molecule has 0 radical (unpaired) electrons. The number of nitrogens with zero attached hydrogens (tertiary/aromatic N) is 4. The second-order valence-electron chi connectivity index (χ2n) is 6.43. The first-order valence-electron chi connectivity index (χ1n) is 10.8. The van der Waals surface area contributed by atoms with E-state index < -0.39 is 23.6 Å². The first-order chi connectivity index (χ1) is 20.9. The molecule has 0 aromatic heterocycles. The summed E-state index contributed by atoms with van der Waals surface area (Å²) in [6, 6.07) is 0. The minimum atomic E-state index is -0.718. The van der Waals surface area contributed by atoms with Crippen LogP contribution in [0.1, 0.15) is 6.42 Å². The van der Waals surface area contributed by atoms with E-state index in [0.29, 0.717) is 0 Å². The molecule has 2 aliphatic rings. The summed E-state index contributed by atoms with van der Waals surface area (Å²) >= 11 is 7.35. The number of rotatable bonds is 8. The molecule has 24 heteroatoms. The average Bonchev–Trinajstić information content (AvgIpc) is 3.49. The standard InChI is InChI=1S/C7H8N2O3.C4H3NO2.C3H3NO.C2H4N4O.C2H6N2O2.C2H5NOS.CHNS/c8-5(10)3-4-9-6(11)1-2-7(9)12;6-3-1-2-4(7)5-3;1-2-3(4)5;3-2(7)1-5-6-4;3-2(5)1-6-4;3-2(4)1-5;2-1-3/h1-2H,3-4H2,(H2,8,10);1-2H,(H,5,6,7);1H,(H2,4,5);1H2,(H2,3,7);1,4H2,(H2,3,5);5H,1H2,(H2,3,4);2H. The third-order valence-electron chi connectivity index (χ3n) is 2.93. The SMILES string of the molecule is C#CC(N)=O.N=C=S.NC(=O)CCN1C(=O)C=CC1=O.NC(=O)CS.NOCC(N)=O.O=C1C=CC(=O)N1.[N-]=[N+]=NCC(N)=O. The van der Waals surface area contributed by atoms with Crippen LogP contribution < -0.4 is 39.9 Å². The number of primary amides is 5. The van der Waals surface area contributed by atoms with Gasteiger partial charge in [0.2, 0.25) is 23.6 Å². The second-order valence-corrected chi connectivity index (χ2v) is 6.95. The monoisotopic (exact) mass is 674 g/mol. The van der Waals surface area contributed by atoms with E-state index in [1.165, 1.54) is 24.3 Å². The molecular weight excluding hydrogens is 644 g/mol. The number of thiol groups is 1. The lowest BCUT2D eigenvalue weighted by atomic mass is 10.4. The van der Waals surface area contributed by atoms with Gasteiger partial charge in [-0.25, -0.2) is 11.3 Å². The van der Waals surface area contributed by atoms with Gasteiger partial charge in [0.15, 0.2) is 0 Å². The van der Waals surface area contributed by atoms with Crippen LogP contribution in [0.3, 0.4) is 0 Å². The highest BCUT2D eigenvalue weighted by Crippen LogP contribution is 2.03. The number of isothiocyanates is 1. The molecule has 0 atom stereocenters. The predicted octanol–water partition coefficient (Wildman–Crippen LogP) is -4.70. The predicted molar refractivity (Wildman–Crippen MR) is 161 cm³/mol. The van der Waals surface area contributed by atoms with Crippen molar-refractivity contribution >= 4 is 83.2 Å². The number of amides is 9. The highest BCUT2D eigenvalue weighted by atomic mass is 32.1. The van der Waals surface area contributed by atoms with Gasteiger partial charge < -0.3 is 28.7 Å². The number of nitrogens with one attached hydrogen (secondary N) is 2. The van der Waals surface area contributed by atoms with Gasteiger partial charge >= 0.3 is 0 Å². The van der Waals surface area contributed by atoms with Crippen molar-refractivity contribution in [2.24, 2.45) is 39.7 Å². The maximum Gasteiger partial charge on any atom is 0.293 e. The Morgan fingerprint density at radius 3 is 1.51 bits per heavy atom. The van der Waals surface area contributed by atoms with E-state index in [4.69, 9.17) is 16.7 Å². The molecule has 0 spiro atoms. The van der Waals surface area contributed by atoms with Crippen LogP contribution in [-0.2, 0) is 48.0 Å². The normalized spacial score (nSPS) is 10.7. The van der Waals surface area contributed by atoms with E-state index in [-0.39, 0.29) is 61.4 Å². The van der Waals surface area contributed by atoms with Crippen LogP contribution >= 0.6 is 24.8 Å². The molecule has 0 aromatic rings. The largest absolute Gasteiger partial charge is 0.370 e. The number of hydrogen-bond donors (Lipinski definition) is 9. The van der Waals surface area contributed by atoms with E-state index in [1.54, 1.807) is 11.1 Å². The maximum absolute atomic E-state index is 10.9. The average molecular weight is 675 g/mol. The van der Waals surface area contributed by atoms with Gasteiger partial charge in [-0.2, -0.15) is 12.6 Å². The van der Waals surface area contributed by atoms with Crippen molar-refractivity contribution in [1.82, 2.24) is 10.2 Å². The molecule has 0 aromatic carbocycles. The highest BCUT2D eigenvalue weighted by molar-refractivity contribution is 7.81. The third-order valence-corrected chi connectivity index (χ3v) is 3.24. The third kappa shape index (κ3) is 48.1. The van der Waals surface area contributed by atoms with E-state index in [2.05, 4.69) is 75.0 Å². The van der Waals surface area contributed by atoms with Gasteiger partial charge in [0.05, 0.1) is 10.9 Å². The summed E-state index contributed by atoms with van der Waals surface area (Å²) in [4.78, 5) is 97.4. The molecule has 0 fully saturated rings. The summed E-state index contributed by atoms with van der Waals surface area (Å²) in [5, 5.41) is 12.3. The first kappa shape index (κ1) is 48.8. The van der Waals surface area contributed by atoms with E-state index in [1.807, 2.05) is 5.32 Å². The lowest BCUT2D eigenvalue weighted by Gasteiger charge is -2.11. The summed E-state index contributed by atoms with van der Waals surface area (Å²) in [6.45, 7) is -0.392. The molecule has 14 N–H and O–H groups in total. The number of thiocarbonyl (C=S) groups is 1. The van der Waals surface area contributed by atoms with Gasteiger partial charge in [0.1, 0.15) is 13.2 Å². The van der Waals surface area contributed by atoms with Gasteiger partial charge in [-0.15, -0.1) is 6.42 Å². The fourth-order valence-electron chi connectivity index (χ4n) is 1.41. The van der Waals surface area contributed by atoms with Crippen LogP contribution in [0.5, 0.6) is 0 Å². The zero-order valence-electron chi connectivity index (χ0n) is 23.1. The van der Waals surface area contributed by atoms with Gasteiger partial charge in [-0.05, 0) is 23.7 Å². The van der Waals surface area contributed by atoms with E-state index in [0.717, 1.165) is 4.90 Å². The Kier molecular flexibility index (Phi) is 37.1. The summed E-state index contributed by atoms with van der Waals surface area (Å²) in [6.07, 6.45) is 9.19. The Labute approximate surface area is 265 Å². The quantitative estimate of drug-likeness (QED) is 0.0135. The number of azide groups is 1. The fraction of sp³-hybridized carbons (Fsp3) is 0.238. The van der Waals surface area contributed by atoms with Crippen LogP contribution in [0, 0.1) is 17.8 Å². The minimum Gasteiger partial charge on any atom is -0.370 e. The van der Waals surface area contributed by atoms with Crippen molar-refractivity contribution in [3.63, 3.8) is 0 Å². The topological polar surface area (TPSA) is 407 Å². The van der Waals surface area contributed by atoms with Gasteiger partial charge in [-0.3, -0.25) is 58.2 Å². The van der Waals surface area contributed by atoms with Crippen LogP contribution in [0.2, 0.25) is 0 Å². The molecule has 2 heterocycles. The molecular formula is C21H30N12O10S2. The van der Waals surface area contributed by atoms with Crippen LogP contribution in [0.4, 0.5) is 0 Å². The molecule has 2 rings (SSSR count). The van der Waals surface area contributed by atoms with E-state index >= 15 is 0 Å². The Balaban J connectivity index is -0.000000144. The molecule has 0 aliphatic carbocycles. The molecule has 22 nitrogen and oxygen atoms in total. The summed E-state index contributed by atoms with van der Waals surface area (Å²) in [7, 11) is 0. The summed E-state index contributed by atoms with van der Waals surface area (Å²) in [5.74, 6) is 2.01.